The highest BCUT2D eigenvalue weighted by Gasteiger charge is 2.09. The Labute approximate surface area is 127 Å². The van der Waals surface area contributed by atoms with Crippen LogP contribution in [-0.2, 0) is 0 Å². The summed E-state index contributed by atoms with van der Waals surface area (Å²) >= 11 is 10.9. The van der Waals surface area contributed by atoms with Crippen molar-refractivity contribution in [2.45, 2.75) is 6.92 Å². The number of carbonyl (C=O) groups excluding carboxylic acids is 1. The van der Waals surface area contributed by atoms with Gasteiger partial charge in [0.1, 0.15) is 4.99 Å². The lowest BCUT2D eigenvalue weighted by molar-refractivity contribution is 0.102. The van der Waals surface area contributed by atoms with Crippen molar-refractivity contribution < 1.29 is 4.79 Å². The third-order valence-electron chi connectivity index (χ3n) is 2.80. The molecule has 2 rings (SSSR count). The molecule has 0 saturated heterocycles. The molecule has 102 valence electrons. The highest BCUT2D eigenvalue weighted by atomic mass is 35.5. The first-order valence-corrected chi connectivity index (χ1v) is 6.73. The molecule has 0 atom stereocenters. The molecule has 3 nitrogen and oxygen atoms in total. The summed E-state index contributed by atoms with van der Waals surface area (Å²) < 4.78 is 0. The quantitative estimate of drug-likeness (QED) is 0.853. The average molecular weight is 305 g/mol. The number of nitrogens with two attached hydrogens (primary N) is 1. The molecule has 2 aromatic rings. The van der Waals surface area contributed by atoms with Crippen LogP contribution < -0.4 is 11.1 Å². The highest BCUT2D eigenvalue weighted by molar-refractivity contribution is 7.80. The second-order valence-electron chi connectivity index (χ2n) is 4.38. The summed E-state index contributed by atoms with van der Waals surface area (Å²) in [5.41, 5.74) is 8.37. The van der Waals surface area contributed by atoms with E-state index in [4.69, 9.17) is 29.6 Å². The lowest BCUT2D eigenvalue weighted by Crippen LogP contribution is -2.13. The molecule has 0 radical (unpaired) electrons. The van der Waals surface area contributed by atoms with Gasteiger partial charge in [-0.05, 0) is 36.8 Å². The van der Waals surface area contributed by atoms with Gasteiger partial charge in [-0.1, -0.05) is 42.0 Å². The molecular weight excluding hydrogens is 292 g/mol. The number of thiocarbonyl (C=S) groups is 1. The molecule has 0 bridgehead atoms. The van der Waals surface area contributed by atoms with E-state index in [1.807, 2.05) is 13.0 Å². The van der Waals surface area contributed by atoms with Gasteiger partial charge in [0.05, 0.1) is 10.7 Å². The Morgan fingerprint density at radius 3 is 2.30 bits per heavy atom. The summed E-state index contributed by atoms with van der Waals surface area (Å²) in [6.07, 6.45) is 0. The van der Waals surface area contributed by atoms with Gasteiger partial charge in [0.15, 0.2) is 0 Å². The van der Waals surface area contributed by atoms with E-state index in [1.54, 1.807) is 36.4 Å². The van der Waals surface area contributed by atoms with Crippen LogP contribution in [-0.4, -0.2) is 10.9 Å². The standard InChI is InChI=1S/C15H13ClN2OS/c1-9-2-7-13(12(16)8-9)18-15(19)11-5-3-10(4-6-11)14(17)20/h2-8H,1H3,(H2,17,20)(H,18,19). The van der Waals surface area contributed by atoms with Gasteiger partial charge in [-0.25, -0.2) is 0 Å². The van der Waals surface area contributed by atoms with Crippen molar-refractivity contribution in [3.63, 3.8) is 0 Å². The number of amides is 1. The summed E-state index contributed by atoms with van der Waals surface area (Å²) in [7, 11) is 0. The number of nitrogens with one attached hydrogen (secondary N) is 1. The maximum absolute atomic E-state index is 12.1. The molecule has 0 heterocycles. The number of benzene rings is 2. The molecule has 0 fully saturated rings. The predicted octanol–water partition coefficient (Wildman–Crippen LogP) is 3.53. The first-order valence-electron chi connectivity index (χ1n) is 5.95. The van der Waals surface area contributed by atoms with Crippen LogP contribution in [0, 0.1) is 6.92 Å². The normalized spacial score (nSPS) is 10.1. The fourth-order valence-electron chi connectivity index (χ4n) is 1.70. The molecule has 1 amide bonds. The minimum absolute atomic E-state index is 0.231. The maximum atomic E-state index is 12.1. The smallest absolute Gasteiger partial charge is 0.255 e. The Hall–Kier alpha value is -1.91. The van der Waals surface area contributed by atoms with Gasteiger partial charge in [-0.2, -0.15) is 0 Å². The first-order chi connectivity index (χ1) is 9.47. The molecule has 0 saturated carbocycles. The van der Waals surface area contributed by atoms with E-state index in [1.165, 1.54) is 0 Å². The summed E-state index contributed by atoms with van der Waals surface area (Å²) in [4.78, 5) is 12.4. The van der Waals surface area contributed by atoms with Gasteiger partial charge >= 0.3 is 0 Å². The Bertz CT molecular complexity index is 668. The summed E-state index contributed by atoms with van der Waals surface area (Å²) in [6.45, 7) is 1.94. The van der Waals surface area contributed by atoms with Gasteiger partial charge in [-0.3, -0.25) is 4.79 Å². The maximum Gasteiger partial charge on any atom is 0.255 e. The first kappa shape index (κ1) is 14.5. The van der Waals surface area contributed by atoms with Gasteiger partial charge in [0, 0.05) is 11.1 Å². The third kappa shape index (κ3) is 3.35. The monoisotopic (exact) mass is 304 g/mol. The molecule has 0 aliphatic carbocycles. The second kappa shape index (κ2) is 6.03. The van der Waals surface area contributed by atoms with Crippen LogP contribution in [0.15, 0.2) is 42.5 Å². The van der Waals surface area contributed by atoms with Crippen LogP contribution in [0.3, 0.4) is 0 Å². The Morgan fingerprint density at radius 1 is 1.15 bits per heavy atom. The Kier molecular flexibility index (Phi) is 4.37. The van der Waals surface area contributed by atoms with Crippen molar-refractivity contribution in [2.75, 3.05) is 5.32 Å². The van der Waals surface area contributed by atoms with Crippen molar-refractivity contribution in [3.05, 3.63) is 64.2 Å². The van der Waals surface area contributed by atoms with Crippen molar-refractivity contribution in [1.29, 1.82) is 0 Å². The van der Waals surface area contributed by atoms with Crippen LogP contribution in [0.4, 0.5) is 5.69 Å². The van der Waals surface area contributed by atoms with E-state index in [0.29, 0.717) is 21.3 Å². The van der Waals surface area contributed by atoms with E-state index >= 15 is 0 Å². The summed E-state index contributed by atoms with van der Waals surface area (Å²) in [5.74, 6) is -0.231. The van der Waals surface area contributed by atoms with Crippen LogP contribution in [0.25, 0.3) is 0 Å². The lowest BCUT2D eigenvalue weighted by Gasteiger charge is -2.08. The second-order valence-corrected chi connectivity index (χ2v) is 5.23. The van der Waals surface area contributed by atoms with E-state index in [2.05, 4.69) is 5.32 Å². The molecule has 0 unspecified atom stereocenters. The van der Waals surface area contributed by atoms with Crippen molar-refractivity contribution >= 4 is 40.4 Å². The third-order valence-corrected chi connectivity index (χ3v) is 3.35. The van der Waals surface area contributed by atoms with E-state index in [-0.39, 0.29) is 5.91 Å². The van der Waals surface area contributed by atoms with Gasteiger partial charge in [0.25, 0.3) is 5.91 Å². The molecule has 0 spiro atoms. The number of rotatable bonds is 3. The van der Waals surface area contributed by atoms with E-state index < -0.39 is 0 Å². The van der Waals surface area contributed by atoms with E-state index in [0.717, 1.165) is 11.1 Å². The van der Waals surface area contributed by atoms with Crippen LogP contribution in [0.2, 0.25) is 5.02 Å². The molecule has 2 aromatic carbocycles. The van der Waals surface area contributed by atoms with Crippen molar-refractivity contribution in [2.24, 2.45) is 5.73 Å². The molecule has 20 heavy (non-hydrogen) atoms. The Balaban J connectivity index is 2.17. The van der Waals surface area contributed by atoms with Gasteiger partial charge in [-0.15, -0.1) is 0 Å². The van der Waals surface area contributed by atoms with Crippen molar-refractivity contribution in [1.82, 2.24) is 0 Å². The zero-order valence-corrected chi connectivity index (χ0v) is 12.4. The lowest BCUT2D eigenvalue weighted by atomic mass is 10.1. The minimum Gasteiger partial charge on any atom is -0.389 e. The molecular formula is C15H13ClN2OS. The van der Waals surface area contributed by atoms with E-state index in [9.17, 15) is 4.79 Å². The molecule has 5 heteroatoms. The molecule has 3 N–H and O–H groups in total. The SMILES string of the molecule is Cc1ccc(NC(=O)c2ccc(C(N)=S)cc2)c(Cl)c1. The number of anilines is 1. The molecule has 0 aliphatic rings. The summed E-state index contributed by atoms with van der Waals surface area (Å²) in [5, 5.41) is 3.28. The highest BCUT2D eigenvalue weighted by Crippen LogP contribution is 2.23. The minimum atomic E-state index is -0.231. The number of hydrogen-bond donors (Lipinski definition) is 2. The number of aryl methyl sites for hydroxylation is 1. The predicted molar refractivity (Wildman–Crippen MR) is 86.5 cm³/mol. The topological polar surface area (TPSA) is 55.1 Å². The van der Waals surface area contributed by atoms with Gasteiger partial charge in [0.2, 0.25) is 0 Å². The van der Waals surface area contributed by atoms with Crippen molar-refractivity contribution in [3.8, 4) is 0 Å². The molecule has 0 aromatic heterocycles. The molecule has 0 aliphatic heterocycles. The average Bonchev–Trinajstić information content (AvgIpc) is 2.42. The number of carbonyl (C=O) groups is 1. The zero-order valence-electron chi connectivity index (χ0n) is 10.8. The zero-order chi connectivity index (χ0) is 14.7. The largest absolute Gasteiger partial charge is 0.389 e. The summed E-state index contributed by atoms with van der Waals surface area (Å²) in [6, 6.07) is 12.2. The number of hydrogen-bond acceptors (Lipinski definition) is 2. The Morgan fingerprint density at radius 2 is 1.75 bits per heavy atom. The number of halogens is 1. The van der Waals surface area contributed by atoms with Crippen LogP contribution in [0.5, 0.6) is 0 Å². The fourth-order valence-corrected chi connectivity index (χ4v) is 2.12. The fraction of sp³-hybridized carbons (Fsp3) is 0.0667. The van der Waals surface area contributed by atoms with Crippen LogP contribution >= 0.6 is 23.8 Å². The van der Waals surface area contributed by atoms with Gasteiger partial charge < -0.3 is 11.1 Å². The van der Waals surface area contributed by atoms with Crippen LogP contribution in [0.1, 0.15) is 21.5 Å².